The molecule has 0 aliphatic rings. The minimum absolute atomic E-state index is 0.0113. The predicted octanol–water partition coefficient (Wildman–Crippen LogP) is 1.85. The zero-order valence-corrected chi connectivity index (χ0v) is 11.0. The number of nitrogens with zero attached hydrogens (tertiary/aromatic N) is 1. The van der Waals surface area contributed by atoms with Crippen molar-refractivity contribution in [2.24, 2.45) is 0 Å². The average molecular weight is 248 g/mol. The van der Waals surface area contributed by atoms with E-state index < -0.39 is 0 Å². The summed E-state index contributed by atoms with van der Waals surface area (Å²) in [6.45, 7) is 5.97. The monoisotopic (exact) mass is 248 g/mol. The molecule has 0 bridgehead atoms. The first-order chi connectivity index (χ1) is 8.67. The molecule has 0 aliphatic heterocycles. The summed E-state index contributed by atoms with van der Waals surface area (Å²) >= 11 is 0. The lowest BCUT2D eigenvalue weighted by Gasteiger charge is -2.24. The standard InChI is InChI=1S/C14H20N2O2/c1-3-9-16(10-8-15-12(2)18)14-6-4-13(11-17)5-7-14/h4-7,11H,3,8-10H2,1-2H3,(H,15,18). The third-order valence-electron chi connectivity index (χ3n) is 2.64. The predicted molar refractivity (Wildman–Crippen MR) is 73.0 cm³/mol. The molecule has 0 unspecified atom stereocenters. The number of anilines is 1. The van der Waals surface area contributed by atoms with Crippen LogP contribution in [-0.2, 0) is 4.79 Å². The van der Waals surface area contributed by atoms with Crippen LogP contribution in [0.4, 0.5) is 5.69 Å². The van der Waals surface area contributed by atoms with Crippen LogP contribution in [-0.4, -0.2) is 31.8 Å². The summed E-state index contributed by atoms with van der Waals surface area (Å²) in [5, 5.41) is 2.79. The minimum Gasteiger partial charge on any atom is -0.370 e. The van der Waals surface area contributed by atoms with Gasteiger partial charge in [-0.2, -0.15) is 0 Å². The number of hydrogen-bond acceptors (Lipinski definition) is 3. The lowest BCUT2D eigenvalue weighted by molar-refractivity contribution is -0.118. The van der Waals surface area contributed by atoms with E-state index in [1.807, 2.05) is 24.3 Å². The molecule has 0 radical (unpaired) electrons. The second kappa shape index (κ2) is 7.48. The van der Waals surface area contributed by atoms with E-state index in [1.54, 1.807) is 0 Å². The van der Waals surface area contributed by atoms with Crippen LogP contribution in [0, 0.1) is 0 Å². The summed E-state index contributed by atoms with van der Waals surface area (Å²) in [6, 6.07) is 7.49. The third-order valence-corrected chi connectivity index (χ3v) is 2.64. The highest BCUT2D eigenvalue weighted by Crippen LogP contribution is 2.14. The molecule has 0 fully saturated rings. The molecule has 18 heavy (non-hydrogen) atoms. The topological polar surface area (TPSA) is 49.4 Å². The summed E-state index contributed by atoms with van der Waals surface area (Å²) in [5.74, 6) is -0.0113. The van der Waals surface area contributed by atoms with Gasteiger partial charge in [-0.3, -0.25) is 9.59 Å². The lowest BCUT2D eigenvalue weighted by Crippen LogP contribution is -2.34. The molecular weight excluding hydrogens is 228 g/mol. The second-order valence-corrected chi connectivity index (χ2v) is 4.18. The van der Waals surface area contributed by atoms with Crippen molar-refractivity contribution in [1.82, 2.24) is 5.32 Å². The number of carbonyl (C=O) groups excluding carboxylic acids is 2. The van der Waals surface area contributed by atoms with Crippen molar-refractivity contribution in [3.63, 3.8) is 0 Å². The van der Waals surface area contributed by atoms with Crippen LogP contribution in [0.2, 0.25) is 0 Å². The van der Waals surface area contributed by atoms with Gasteiger partial charge in [0, 0.05) is 37.8 Å². The van der Waals surface area contributed by atoms with Crippen LogP contribution in [0.1, 0.15) is 30.6 Å². The largest absolute Gasteiger partial charge is 0.370 e. The van der Waals surface area contributed by atoms with E-state index in [-0.39, 0.29) is 5.91 Å². The Morgan fingerprint density at radius 2 is 1.94 bits per heavy atom. The Balaban J connectivity index is 2.63. The molecular formula is C14H20N2O2. The van der Waals surface area contributed by atoms with Crippen molar-refractivity contribution in [2.45, 2.75) is 20.3 Å². The Hall–Kier alpha value is -1.84. The summed E-state index contributed by atoms with van der Waals surface area (Å²) in [4.78, 5) is 23.6. The molecule has 0 aliphatic carbocycles. The lowest BCUT2D eigenvalue weighted by atomic mass is 10.2. The third kappa shape index (κ3) is 4.57. The van der Waals surface area contributed by atoms with Crippen LogP contribution < -0.4 is 10.2 Å². The van der Waals surface area contributed by atoms with E-state index in [0.29, 0.717) is 12.1 Å². The van der Waals surface area contributed by atoms with Gasteiger partial charge in [0.15, 0.2) is 0 Å². The molecule has 0 saturated heterocycles. The number of nitrogens with one attached hydrogen (secondary N) is 1. The van der Waals surface area contributed by atoms with E-state index >= 15 is 0 Å². The Bertz CT molecular complexity index is 387. The summed E-state index contributed by atoms with van der Waals surface area (Å²) in [5.41, 5.74) is 1.75. The van der Waals surface area contributed by atoms with Crippen LogP contribution in [0.5, 0.6) is 0 Å². The molecule has 1 aromatic carbocycles. The fourth-order valence-corrected chi connectivity index (χ4v) is 1.77. The zero-order chi connectivity index (χ0) is 13.4. The van der Waals surface area contributed by atoms with Gasteiger partial charge in [-0.25, -0.2) is 0 Å². The molecule has 0 atom stereocenters. The molecule has 0 heterocycles. The van der Waals surface area contributed by atoms with E-state index in [9.17, 15) is 9.59 Å². The molecule has 1 aromatic rings. The Labute approximate surface area is 108 Å². The SMILES string of the molecule is CCCN(CCNC(C)=O)c1ccc(C=O)cc1. The Morgan fingerprint density at radius 1 is 1.28 bits per heavy atom. The van der Waals surface area contributed by atoms with Gasteiger partial charge in [-0.1, -0.05) is 6.92 Å². The maximum absolute atomic E-state index is 10.8. The molecule has 4 heteroatoms. The quantitative estimate of drug-likeness (QED) is 0.749. The first-order valence-electron chi connectivity index (χ1n) is 6.22. The molecule has 98 valence electrons. The maximum atomic E-state index is 10.8. The van der Waals surface area contributed by atoms with Crippen molar-refractivity contribution >= 4 is 17.9 Å². The van der Waals surface area contributed by atoms with Gasteiger partial charge >= 0.3 is 0 Å². The van der Waals surface area contributed by atoms with Crippen molar-refractivity contribution in [3.8, 4) is 0 Å². The van der Waals surface area contributed by atoms with Gasteiger partial charge in [0.1, 0.15) is 6.29 Å². The first-order valence-corrected chi connectivity index (χ1v) is 6.22. The molecule has 0 aromatic heterocycles. The number of amides is 1. The number of carbonyl (C=O) groups is 2. The van der Waals surface area contributed by atoms with Crippen LogP contribution in [0.3, 0.4) is 0 Å². The van der Waals surface area contributed by atoms with Gasteiger partial charge < -0.3 is 10.2 Å². The van der Waals surface area contributed by atoms with Gasteiger partial charge in [0.25, 0.3) is 0 Å². The number of hydrogen-bond donors (Lipinski definition) is 1. The van der Waals surface area contributed by atoms with Crippen molar-refractivity contribution in [1.29, 1.82) is 0 Å². The zero-order valence-electron chi connectivity index (χ0n) is 11.0. The van der Waals surface area contributed by atoms with E-state index in [2.05, 4.69) is 17.1 Å². The van der Waals surface area contributed by atoms with Crippen LogP contribution in [0.25, 0.3) is 0 Å². The first kappa shape index (κ1) is 14.2. The normalized spacial score (nSPS) is 9.89. The smallest absolute Gasteiger partial charge is 0.216 e. The molecule has 0 saturated carbocycles. The van der Waals surface area contributed by atoms with Gasteiger partial charge in [-0.15, -0.1) is 0 Å². The molecule has 1 rings (SSSR count). The minimum atomic E-state index is -0.0113. The fourth-order valence-electron chi connectivity index (χ4n) is 1.77. The Kier molecular flexibility index (Phi) is 5.91. The highest BCUT2D eigenvalue weighted by Gasteiger charge is 2.05. The number of aldehydes is 1. The summed E-state index contributed by atoms with van der Waals surface area (Å²) in [6.07, 6.45) is 1.88. The van der Waals surface area contributed by atoms with Gasteiger partial charge in [-0.05, 0) is 30.7 Å². The summed E-state index contributed by atoms with van der Waals surface area (Å²) < 4.78 is 0. The van der Waals surface area contributed by atoms with E-state index in [4.69, 9.17) is 0 Å². The molecule has 0 spiro atoms. The fraction of sp³-hybridized carbons (Fsp3) is 0.429. The van der Waals surface area contributed by atoms with E-state index in [0.717, 1.165) is 31.5 Å². The highest BCUT2D eigenvalue weighted by atomic mass is 16.1. The van der Waals surface area contributed by atoms with Crippen LogP contribution in [0.15, 0.2) is 24.3 Å². The van der Waals surface area contributed by atoms with Gasteiger partial charge in [0.05, 0.1) is 0 Å². The average Bonchev–Trinajstić information content (AvgIpc) is 2.37. The van der Waals surface area contributed by atoms with Crippen LogP contribution >= 0.6 is 0 Å². The van der Waals surface area contributed by atoms with Gasteiger partial charge in [0.2, 0.25) is 5.91 Å². The van der Waals surface area contributed by atoms with E-state index in [1.165, 1.54) is 6.92 Å². The number of benzene rings is 1. The van der Waals surface area contributed by atoms with Crippen molar-refractivity contribution < 1.29 is 9.59 Å². The second-order valence-electron chi connectivity index (χ2n) is 4.18. The molecule has 1 N–H and O–H groups in total. The van der Waals surface area contributed by atoms with Crippen molar-refractivity contribution in [2.75, 3.05) is 24.5 Å². The Morgan fingerprint density at radius 3 is 2.44 bits per heavy atom. The number of rotatable bonds is 7. The molecule has 1 amide bonds. The summed E-state index contributed by atoms with van der Waals surface area (Å²) in [7, 11) is 0. The van der Waals surface area contributed by atoms with Crippen molar-refractivity contribution in [3.05, 3.63) is 29.8 Å². The highest BCUT2D eigenvalue weighted by molar-refractivity contribution is 5.75. The maximum Gasteiger partial charge on any atom is 0.216 e. The molecule has 4 nitrogen and oxygen atoms in total.